The van der Waals surface area contributed by atoms with Crippen molar-refractivity contribution in [1.82, 2.24) is 0 Å². The molecule has 0 N–H and O–H groups in total. The van der Waals surface area contributed by atoms with Crippen LogP contribution in [0.3, 0.4) is 0 Å². The number of fused-ring (bicyclic) bond motifs is 2. The molecule has 3 rings (SSSR count). The van der Waals surface area contributed by atoms with Crippen LogP contribution in [0.1, 0.15) is 41.0 Å². The van der Waals surface area contributed by atoms with E-state index >= 15 is 0 Å². The quantitative estimate of drug-likeness (QED) is 0.326. The van der Waals surface area contributed by atoms with Crippen LogP contribution in [0, 0.1) is 0 Å². The molecule has 2 aromatic carbocycles. The SMILES string of the molecule is CCCSc1cccc2c1C(Cl)c1ccccc1C(F)(F)C2(F)F. The van der Waals surface area contributed by atoms with Crippen LogP contribution < -0.4 is 0 Å². The number of halogens is 5. The minimum absolute atomic E-state index is 0.0344. The van der Waals surface area contributed by atoms with Crippen molar-refractivity contribution >= 4 is 23.4 Å². The van der Waals surface area contributed by atoms with Crippen molar-refractivity contribution in [3.63, 3.8) is 0 Å². The van der Waals surface area contributed by atoms with Gasteiger partial charge in [-0.1, -0.05) is 43.3 Å². The molecule has 0 fully saturated rings. The fourth-order valence-corrected chi connectivity index (χ4v) is 4.39. The second kappa shape index (κ2) is 6.26. The number of benzene rings is 2. The molecule has 0 saturated heterocycles. The Kier molecular flexibility index (Phi) is 4.60. The second-order valence-corrected chi connectivity index (χ2v) is 7.24. The fourth-order valence-electron chi connectivity index (χ4n) is 2.91. The summed E-state index contributed by atoms with van der Waals surface area (Å²) in [5, 5.41) is -1.05. The molecule has 6 heteroatoms. The van der Waals surface area contributed by atoms with E-state index in [-0.39, 0.29) is 11.1 Å². The molecule has 1 aliphatic carbocycles. The van der Waals surface area contributed by atoms with Gasteiger partial charge in [0.1, 0.15) is 0 Å². The van der Waals surface area contributed by atoms with Gasteiger partial charge in [0.15, 0.2) is 0 Å². The van der Waals surface area contributed by atoms with Gasteiger partial charge in [0.25, 0.3) is 0 Å². The Hall–Kier alpha value is -1.20. The maximum atomic E-state index is 14.8. The molecule has 0 bridgehead atoms. The summed E-state index contributed by atoms with van der Waals surface area (Å²) in [7, 11) is 0. The van der Waals surface area contributed by atoms with Crippen molar-refractivity contribution < 1.29 is 17.6 Å². The van der Waals surface area contributed by atoms with Crippen molar-refractivity contribution in [3.8, 4) is 0 Å². The minimum Gasteiger partial charge on any atom is -0.194 e. The third-order valence-electron chi connectivity index (χ3n) is 4.09. The maximum Gasteiger partial charge on any atom is 0.340 e. The Bertz CT molecular complexity index is 760. The van der Waals surface area contributed by atoms with Crippen molar-refractivity contribution in [2.24, 2.45) is 0 Å². The standard InChI is InChI=1S/C18H15ClF4S/c1-2-10-24-14-9-5-8-13-15(14)16(19)11-6-3-4-7-12(11)17(20,21)18(13,22)23/h3-9,16H,2,10H2,1H3. The number of hydrogen-bond acceptors (Lipinski definition) is 1. The lowest BCUT2D eigenvalue weighted by atomic mass is 9.96. The van der Waals surface area contributed by atoms with Crippen LogP contribution in [0.5, 0.6) is 0 Å². The molecule has 1 unspecified atom stereocenters. The molecule has 1 aliphatic rings. The summed E-state index contributed by atoms with van der Waals surface area (Å²) < 4.78 is 58.9. The molecule has 0 aliphatic heterocycles. The Morgan fingerprint density at radius 2 is 1.58 bits per heavy atom. The normalized spacial score (nSPS) is 20.8. The van der Waals surface area contributed by atoms with Crippen molar-refractivity contribution in [2.75, 3.05) is 5.75 Å². The number of rotatable bonds is 3. The van der Waals surface area contributed by atoms with Crippen LogP contribution in [0.15, 0.2) is 47.4 Å². The zero-order chi connectivity index (χ0) is 17.5. The number of thioether (sulfide) groups is 1. The molecule has 0 radical (unpaired) electrons. The molecule has 2 aromatic rings. The van der Waals surface area contributed by atoms with Gasteiger partial charge in [-0.05, 0) is 29.4 Å². The van der Waals surface area contributed by atoms with Crippen LogP contribution >= 0.6 is 23.4 Å². The molecule has 1 atom stereocenters. The highest BCUT2D eigenvalue weighted by molar-refractivity contribution is 7.99. The van der Waals surface area contributed by atoms with Crippen LogP contribution in [0.4, 0.5) is 17.6 Å². The second-order valence-electron chi connectivity index (χ2n) is 5.66. The van der Waals surface area contributed by atoms with Gasteiger partial charge >= 0.3 is 11.8 Å². The van der Waals surface area contributed by atoms with E-state index in [0.29, 0.717) is 10.6 Å². The lowest BCUT2D eigenvalue weighted by Crippen LogP contribution is -2.35. The zero-order valence-corrected chi connectivity index (χ0v) is 14.4. The Balaban J connectivity index is 2.32. The Labute approximate surface area is 147 Å². The van der Waals surface area contributed by atoms with Crippen LogP contribution in [-0.4, -0.2) is 5.75 Å². The molecule has 0 nitrogen and oxygen atoms in total. The Morgan fingerprint density at radius 3 is 2.29 bits per heavy atom. The van der Waals surface area contributed by atoms with E-state index in [1.807, 2.05) is 6.92 Å². The minimum atomic E-state index is -4.33. The summed E-state index contributed by atoms with van der Waals surface area (Å²) in [6.07, 6.45) is 0.838. The van der Waals surface area contributed by atoms with E-state index in [1.165, 1.54) is 36.0 Å². The summed E-state index contributed by atoms with van der Waals surface area (Å²) in [5.74, 6) is -7.95. The monoisotopic (exact) mass is 374 g/mol. The molecule has 128 valence electrons. The summed E-state index contributed by atoms with van der Waals surface area (Å²) in [4.78, 5) is 0.529. The first-order valence-electron chi connectivity index (χ1n) is 7.57. The molecular weight excluding hydrogens is 360 g/mol. The van der Waals surface area contributed by atoms with Crippen LogP contribution in [0.2, 0.25) is 0 Å². The molecule has 0 aromatic heterocycles. The third kappa shape index (κ3) is 2.53. The molecule has 0 amide bonds. The first-order chi connectivity index (χ1) is 11.3. The first-order valence-corrected chi connectivity index (χ1v) is 8.99. The van der Waals surface area contributed by atoms with Gasteiger partial charge in [-0.2, -0.15) is 17.6 Å². The largest absolute Gasteiger partial charge is 0.340 e. The Morgan fingerprint density at radius 1 is 0.958 bits per heavy atom. The van der Waals surface area contributed by atoms with Crippen LogP contribution in [-0.2, 0) is 11.8 Å². The van der Waals surface area contributed by atoms with Gasteiger partial charge in [-0.15, -0.1) is 23.4 Å². The highest BCUT2D eigenvalue weighted by atomic mass is 35.5. The van der Waals surface area contributed by atoms with E-state index in [4.69, 9.17) is 11.6 Å². The zero-order valence-electron chi connectivity index (χ0n) is 12.8. The van der Waals surface area contributed by atoms with Gasteiger partial charge in [0.05, 0.1) is 5.38 Å². The van der Waals surface area contributed by atoms with Crippen molar-refractivity contribution in [3.05, 3.63) is 64.7 Å². The molecule has 24 heavy (non-hydrogen) atoms. The summed E-state index contributed by atoms with van der Waals surface area (Å²) in [6.45, 7) is 1.96. The predicted molar refractivity (Wildman–Crippen MR) is 89.4 cm³/mol. The third-order valence-corrected chi connectivity index (χ3v) is 5.82. The van der Waals surface area contributed by atoms with Gasteiger partial charge in [0.2, 0.25) is 0 Å². The fraction of sp³-hybridized carbons (Fsp3) is 0.333. The summed E-state index contributed by atoms with van der Waals surface area (Å²) in [6, 6.07) is 9.40. The van der Waals surface area contributed by atoms with E-state index in [0.717, 1.165) is 18.6 Å². The number of hydrogen-bond donors (Lipinski definition) is 0. The summed E-state index contributed by atoms with van der Waals surface area (Å²) in [5.41, 5.74) is -1.28. The molecule has 0 heterocycles. The van der Waals surface area contributed by atoms with E-state index in [1.54, 1.807) is 6.07 Å². The molecule has 0 saturated carbocycles. The highest BCUT2D eigenvalue weighted by Crippen LogP contribution is 2.57. The smallest absolute Gasteiger partial charge is 0.194 e. The van der Waals surface area contributed by atoms with Gasteiger partial charge in [0, 0.05) is 16.0 Å². The van der Waals surface area contributed by atoms with E-state index in [2.05, 4.69) is 0 Å². The molecular formula is C18H15ClF4S. The number of alkyl halides is 5. The lowest BCUT2D eigenvalue weighted by Gasteiger charge is -2.27. The van der Waals surface area contributed by atoms with Gasteiger partial charge < -0.3 is 0 Å². The maximum absolute atomic E-state index is 14.8. The van der Waals surface area contributed by atoms with Gasteiger partial charge in [-0.3, -0.25) is 0 Å². The van der Waals surface area contributed by atoms with E-state index in [9.17, 15) is 17.6 Å². The van der Waals surface area contributed by atoms with E-state index < -0.39 is 28.3 Å². The van der Waals surface area contributed by atoms with Crippen molar-refractivity contribution in [1.29, 1.82) is 0 Å². The predicted octanol–water partition coefficient (Wildman–Crippen LogP) is 6.71. The van der Waals surface area contributed by atoms with Gasteiger partial charge in [-0.25, -0.2) is 0 Å². The average Bonchev–Trinajstić information content (AvgIpc) is 2.62. The topological polar surface area (TPSA) is 0 Å². The summed E-state index contributed by atoms with van der Waals surface area (Å²) >= 11 is 7.80. The van der Waals surface area contributed by atoms with Crippen molar-refractivity contribution in [2.45, 2.75) is 35.5 Å². The molecule has 0 spiro atoms. The lowest BCUT2D eigenvalue weighted by molar-refractivity contribution is -0.223. The first kappa shape index (κ1) is 17.6. The average molecular weight is 375 g/mol. The van der Waals surface area contributed by atoms with Crippen LogP contribution in [0.25, 0.3) is 0 Å². The highest BCUT2D eigenvalue weighted by Gasteiger charge is 2.62.